The Labute approximate surface area is 85.1 Å². The molecule has 0 aromatic rings. The predicted molar refractivity (Wildman–Crippen MR) is 61.4 cm³/mol. The summed E-state index contributed by atoms with van der Waals surface area (Å²) < 4.78 is 8.40. The third-order valence-electron chi connectivity index (χ3n) is 2.23. The second kappa shape index (κ2) is 6.57. The maximum absolute atomic E-state index is 5.84. The first-order valence-corrected chi connectivity index (χ1v) is 7.24. The van der Waals surface area contributed by atoms with Crippen LogP contribution >= 0.6 is 0 Å². The third kappa shape index (κ3) is 4.25. The van der Waals surface area contributed by atoms with Gasteiger partial charge in [-0.05, 0) is 25.1 Å². The Hall–Kier alpha value is 0.137. The molecule has 0 aliphatic heterocycles. The fourth-order valence-electron chi connectivity index (χ4n) is 1.87. The summed E-state index contributed by atoms with van der Waals surface area (Å²) in [6, 6.07) is 2.43. The Balaban J connectivity index is 4.30. The van der Waals surface area contributed by atoms with Crippen LogP contribution in [0.15, 0.2) is 0 Å². The molecular formula is C10H25NOSi. The highest BCUT2D eigenvalue weighted by Crippen LogP contribution is 2.11. The molecule has 0 aliphatic carbocycles. The number of hydrogen-bond acceptors (Lipinski definition) is 2. The first-order chi connectivity index (χ1) is 6.04. The molecule has 0 bridgehead atoms. The molecule has 0 spiro atoms. The molecular weight excluding hydrogens is 178 g/mol. The van der Waals surface area contributed by atoms with Crippen molar-refractivity contribution in [2.75, 3.05) is 6.61 Å². The van der Waals surface area contributed by atoms with E-state index >= 15 is 0 Å². The normalized spacial score (nSPS) is 14.5. The maximum atomic E-state index is 5.84. The van der Waals surface area contributed by atoms with Crippen LogP contribution in [0.2, 0.25) is 6.04 Å². The smallest absolute Gasteiger partial charge is 0.255 e. The number of nitrogens with zero attached hydrogens (tertiary/aromatic N) is 1. The lowest BCUT2D eigenvalue weighted by molar-refractivity contribution is 0.219. The molecule has 0 fully saturated rings. The minimum Gasteiger partial charge on any atom is -0.406 e. The molecule has 0 N–H and O–H groups in total. The van der Waals surface area contributed by atoms with Crippen molar-refractivity contribution in [2.24, 2.45) is 0 Å². The molecule has 3 heteroatoms. The molecule has 1 atom stereocenters. The number of rotatable bonds is 6. The highest BCUT2D eigenvalue weighted by Gasteiger charge is 2.24. The van der Waals surface area contributed by atoms with E-state index in [2.05, 4.69) is 46.1 Å². The second-order valence-electron chi connectivity index (χ2n) is 3.95. The molecule has 0 aromatic carbocycles. The van der Waals surface area contributed by atoms with E-state index in [1.165, 1.54) is 6.04 Å². The lowest BCUT2D eigenvalue weighted by atomic mass is 10.3. The van der Waals surface area contributed by atoms with Gasteiger partial charge in [-0.25, -0.2) is 0 Å². The molecule has 80 valence electrons. The molecule has 0 saturated carbocycles. The Morgan fingerprint density at radius 2 is 1.54 bits per heavy atom. The van der Waals surface area contributed by atoms with E-state index in [0.29, 0.717) is 12.1 Å². The zero-order valence-electron chi connectivity index (χ0n) is 10.0. The van der Waals surface area contributed by atoms with Gasteiger partial charge in [0.15, 0.2) is 0 Å². The largest absolute Gasteiger partial charge is 0.406 e. The van der Waals surface area contributed by atoms with Crippen LogP contribution in [-0.4, -0.2) is 32.5 Å². The highest BCUT2D eigenvalue weighted by atomic mass is 28.3. The number of hydrogen-bond donors (Lipinski definition) is 0. The van der Waals surface area contributed by atoms with Gasteiger partial charge >= 0.3 is 0 Å². The molecule has 0 aromatic heterocycles. The van der Waals surface area contributed by atoms with Gasteiger partial charge in [0, 0.05) is 6.61 Å². The molecule has 2 nitrogen and oxygen atoms in total. The topological polar surface area (TPSA) is 12.5 Å². The van der Waals surface area contributed by atoms with Gasteiger partial charge in [0.05, 0.1) is 0 Å². The Morgan fingerprint density at radius 1 is 1.08 bits per heavy atom. The SMILES string of the molecule is CCO[SiH](CC)N(C(C)C)C(C)C. The summed E-state index contributed by atoms with van der Waals surface area (Å²) in [4.78, 5) is 0. The summed E-state index contributed by atoms with van der Waals surface area (Å²) in [7, 11) is -1.11. The van der Waals surface area contributed by atoms with E-state index in [1.807, 2.05) is 0 Å². The fraction of sp³-hybridized carbons (Fsp3) is 1.00. The van der Waals surface area contributed by atoms with Gasteiger partial charge in [0.1, 0.15) is 0 Å². The monoisotopic (exact) mass is 203 g/mol. The van der Waals surface area contributed by atoms with Crippen molar-refractivity contribution in [3.05, 3.63) is 0 Å². The van der Waals surface area contributed by atoms with Crippen molar-refractivity contribution in [1.29, 1.82) is 0 Å². The molecule has 0 rings (SSSR count). The summed E-state index contributed by atoms with van der Waals surface area (Å²) in [5, 5.41) is 0. The molecule has 13 heavy (non-hydrogen) atoms. The van der Waals surface area contributed by atoms with E-state index in [9.17, 15) is 0 Å². The summed E-state index contributed by atoms with van der Waals surface area (Å²) in [5.41, 5.74) is 0. The van der Waals surface area contributed by atoms with Gasteiger partial charge in [0.2, 0.25) is 0 Å². The molecule has 0 saturated heterocycles. The molecule has 0 heterocycles. The van der Waals surface area contributed by atoms with Crippen molar-refractivity contribution in [3.63, 3.8) is 0 Å². The Kier molecular flexibility index (Phi) is 6.64. The summed E-state index contributed by atoms with van der Waals surface area (Å²) >= 11 is 0. The third-order valence-corrected chi connectivity index (χ3v) is 5.51. The predicted octanol–water partition coefficient (Wildman–Crippen LogP) is 2.38. The average Bonchev–Trinajstić information content (AvgIpc) is 2.02. The second-order valence-corrected chi connectivity index (χ2v) is 6.61. The lowest BCUT2D eigenvalue weighted by Gasteiger charge is -2.36. The lowest BCUT2D eigenvalue weighted by Crippen LogP contribution is -2.49. The van der Waals surface area contributed by atoms with Gasteiger partial charge in [-0.1, -0.05) is 34.6 Å². The molecule has 0 amide bonds. The zero-order chi connectivity index (χ0) is 10.4. The minimum atomic E-state index is -1.11. The minimum absolute atomic E-state index is 0.614. The Bertz CT molecular complexity index is 120. The summed E-state index contributed by atoms with van der Waals surface area (Å²) in [5.74, 6) is 0. The van der Waals surface area contributed by atoms with Crippen molar-refractivity contribution in [1.82, 2.24) is 4.57 Å². The van der Waals surface area contributed by atoms with Crippen LogP contribution in [0.1, 0.15) is 41.5 Å². The van der Waals surface area contributed by atoms with Crippen LogP contribution in [0, 0.1) is 0 Å². The average molecular weight is 203 g/mol. The maximum Gasteiger partial charge on any atom is 0.255 e. The van der Waals surface area contributed by atoms with Crippen LogP contribution < -0.4 is 0 Å². The van der Waals surface area contributed by atoms with Gasteiger partial charge in [0.25, 0.3) is 9.20 Å². The van der Waals surface area contributed by atoms with E-state index in [0.717, 1.165) is 6.61 Å². The van der Waals surface area contributed by atoms with Crippen LogP contribution in [0.4, 0.5) is 0 Å². The standard InChI is InChI=1S/C10H25NOSi/c1-7-12-13(8-2)11(9(3)4)10(5)6/h9-10,13H,7-8H2,1-6H3. The summed E-state index contributed by atoms with van der Waals surface area (Å²) in [6.07, 6.45) is 0. The van der Waals surface area contributed by atoms with Crippen LogP contribution in [0.25, 0.3) is 0 Å². The zero-order valence-corrected chi connectivity index (χ0v) is 11.2. The molecule has 0 radical (unpaired) electrons. The van der Waals surface area contributed by atoms with E-state index in [4.69, 9.17) is 4.43 Å². The first-order valence-electron chi connectivity index (χ1n) is 5.43. The van der Waals surface area contributed by atoms with Crippen molar-refractivity contribution in [2.45, 2.75) is 59.7 Å². The van der Waals surface area contributed by atoms with Crippen LogP contribution in [0.3, 0.4) is 0 Å². The van der Waals surface area contributed by atoms with Crippen LogP contribution in [0.5, 0.6) is 0 Å². The van der Waals surface area contributed by atoms with Crippen molar-refractivity contribution in [3.8, 4) is 0 Å². The van der Waals surface area contributed by atoms with Gasteiger partial charge in [-0.3, -0.25) is 0 Å². The van der Waals surface area contributed by atoms with Gasteiger partial charge in [-0.15, -0.1) is 0 Å². The van der Waals surface area contributed by atoms with Crippen LogP contribution in [-0.2, 0) is 4.43 Å². The van der Waals surface area contributed by atoms with Crippen molar-refractivity contribution < 1.29 is 4.43 Å². The van der Waals surface area contributed by atoms with Gasteiger partial charge in [-0.2, -0.15) is 0 Å². The molecule has 0 aliphatic rings. The van der Waals surface area contributed by atoms with E-state index in [-0.39, 0.29) is 0 Å². The van der Waals surface area contributed by atoms with Gasteiger partial charge < -0.3 is 8.99 Å². The van der Waals surface area contributed by atoms with E-state index in [1.54, 1.807) is 0 Å². The fourth-order valence-corrected chi connectivity index (χ4v) is 4.41. The highest BCUT2D eigenvalue weighted by molar-refractivity contribution is 6.48. The summed E-state index contributed by atoms with van der Waals surface area (Å²) in [6.45, 7) is 14.2. The molecule has 1 unspecified atom stereocenters. The first kappa shape index (κ1) is 13.1. The van der Waals surface area contributed by atoms with Crippen molar-refractivity contribution >= 4 is 9.20 Å². The Morgan fingerprint density at radius 3 is 1.77 bits per heavy atom. The van der Waals surface area contributed by atoms with E-state index < -0.39 is 9.20 Å². The quantitative estimate of drug-likeness (QED) is 0.615.